The molecule has 3 N–H and O–H groups in total. The summed E-state index contributed by atoms with van der Waals surface area (Å²) >= 11 is 0. The van der Waals surface area contributed by atoms with Crippen molar-refractivity contribution in [2.75, 3.05) is 29.1 Å². The number of ether oxygens (including phenoxy) is 1. The molecule has 0 radical (unpaired) electrons. The molecule has 2 aromatic rings. The van der Waals surface area contributed by atoms with E-state index < -0.39 is 11.9 Å². The van der Waals surface area contributed by atoms with Crippen molar-refractivity contribution in [1.82, 2.24) is 15.0 Å². The molecule has 31 heavy (non-hydrogen) atoms. The Kier molecular flexibility index (Phi) is 5.84. The van der Waals surface area contributed by atoms with Crippen LogP contribution in [0.2, 0.25) is 0 Å². The van der Waals surface area contributed by atoms with E-state index in [1.807, 2.05) is 6.92 Å². The van der Waals surface area contributed by atoms with Crippen molar-refractivity contribution in [1.29, 1.82) is 0 Å². The minimum Gasteiger partial charge on any atom is -0.492 e. The number of hydrogen-bond acceptors (Lipinski definition) is 7. The van der Waals surface area contributed by atoms with Crippen LogP contribution in [0.5, 0.6) is 5.75 Å². The van der Waals surface area contributed by atoms with E-state index in [1.54, 1.807) is 0 Å². The van der Waals surface area contributed by atoms with Crippen LogP contribution in [0.25, 0.3) is 0 Å². The Balaban J connectivity index is 1.33. The number of amides is 1. The van der Waals surface area contributed by atoms with Gasteiger partial charge in [-0.1, -0.05) is 6.42 Å². The van der Waals surface area contributed by atoms with E-state index >= 15 is 0 Å². The highest BCUT2D eigenvalue weighted by Crippen LogP contribution is 2.31. The molecule has 1 aliphatic carbocycles. The maximum Gasteiger partial charge on any atom is 0.433 e. The predicted octanol–water partition coefficient (Wildman–Crippen LogP) is 3.61. The standard InChI is InChI=1S/C20H23F3N6O2/c1-11-17-18(25-9-16(30)28-17)29-19(26-11)27-13-4-2-3-12(7-13)10-31-14-5-6-15(24-8-14)20(21,22)23/h5-6,8,12-13H,2-4,7,9-10H2,1H3,(H,28,30)(H2,25,26,27,29)/t12-,13-/m1/s1. The van der Waals surface area contributed by atoms with Gasteiger partial charge in [0.1, 0.15) is 17.1 Å². The molecule has 1 aliphatic heterocycles. The van der Waals surface area contributed by atoms with E-state index in [4.69, 9.17) is 4.74 Å². The zero-order chi connectivity index (χ0) is 22.0. The summed E-state index contributed by atoms with van der Waals surface area (Å²) in [5.74, 6) is 1.55. The number of carbonyl (C=O) groups excluding carboxylic acids is 1. The Morgan fingerprint density at radius 2 is 2.10 bits per heavy atom. The molecule has 0 bridgehead atoms. The summed E-state index contributed by atoms with van der Waals surface area (Å²) in [5.41, 5.74) is 0.344. The van der Waals surface area contributed by atoms with E-state index in [2.05, 4.69) is 30.9 Å². The topological polar surface area (TPSA) is 101 Å². The fraction of sp³-hybridized carbons (Fsp3) is 0.500. The molecule has 8 nitrogen and oxygen atoms in total. The van der Waals surface area contributed by atoms with E-state index in [0.717, 1.165) is 37.9 Å². The SMILES string of the molecule is Cc1nc(N[C@@H]2CCC[C@@H](COc3ccc(C(F)(F)F)nc3)C2)nc2c1NC(=O)CN2. The lowest BCUT2D eigenvalue weighted by Crippen LogP contribution is -2.32. The molecule has 1 amide bonds. The van der Waals surface area contributed by atoms with Gasteiger partial charge in [-0.15, -0.1) is 0 Å². The Morgan fingerprint density at radius 1 is 1.26 bits per heavy atom. The maximum atomic E-state index is 12.6. The molecular formula is C20H23F3N6O2. The molecule has 166 valence electrons. The molecule has 0 unspecified atom stereocenters. The van der Waals surface area contributed by atoms with Gasteiger partial charge in [0.25, 0.3) is 0 Å². The highest BCUT2D eigenvalue weighted by Gasteiger charge is 2.32. The first-order chi connectivity index (χ1) is 14.8. The number of nitrogens with zero attached hydrogens (tertiary/aromatic N) is 3. The first-order valence-corrected chi connectivity index (χ1v) is 10.1. The fourth-order valence-electron chi connectivity index (χ4n) is 3.87. The van der Waals surface area contributed by atoms with E-state index in [0.29, 0.717) is 35.5 Å². The normalized spacial score (nSPS) is 21.0. The van der Waals surface area contributed by atoms with Gasteiger partial charge in [-0.05, 0) is 44.2 Å². The molecular weight excluding hydrogens is 413 g/mol. The minimum absolute atomic E-state index is 0.127. The number of fused-ring (bicyclic) bond motifs is 1. The van der Waals surface area contributed by atoms with Crippen molar-refractivity contribution in [2.45, 2.75) is 44.8 Å². The van der Waals surface area contributed by atoms with Crippen LogP contribution in [-0.4, -0.2) is 40.1 Å². The number of aryl methyl sites for hydroxylation is 1. The summed E-state index contributed by atoms with van der Waals surface area (Å²) in [7, 11) is 0. The first-order valence-electron chi connectivity index (χ1n) is 10.1. The average molecular weight is 436 g/mol. The zero-order valence-corrected chi connectivity index (χ0v) is 16.9. The lowest BCUT2D eigenvalue weighted by Gasteiger charge is -2.30. The van der Waals surface area contributed by atoms with Crippen LogP contribution >= 0.6 is 0 Å². The molecule has 0 aromatic carbocycles. The second kappa shape index (κ2) is 8.56. The summed E-state index contributed by atoms with van der Waals surface area (Å²) in [5, 5.41) is 9.13. The lowest BCUT2D eigenvalue weighted by molar-refractivity contribution is -0.141. The Morgan fingerprint density at radius 3 is 2.84 bits per heavy atom. The van der Waals surface area contributed by atoms with Crippen molar-refractivity contribution in [3.05, 3.63) is 29.7 Å². The largest absolute Gasteiger partial charge is 0.492 e. The quantitative estimate of drug-likeness (QED) is 0.658. The predicted molar refractivity (Wildman–Crippen MR) is 108 cm³/mol. The third kappa shape index (κ3) is 5.15. The highest BCUT2D eigenvalue weighted by molar-refractivity contribution is 6.00. The molecule has 1 fully saturated rings. The number of alkyl halides is 3. The molecule has 2 aromatic heterocycles. The van der Waals surface area contributed by atoms with Gasteiger partial charge in [0.05, 0.1) is 25.0 Å². The van der Waals surface area contributed by atoms with Gasteiger partial charge < -0.3 is 20.7 Å². The Hall–Kier alpha value is -3.11. The van der Waals surface area contributed by atoms with Gasteiger partial charge in [0.2, 0.25) is 11.9 Å². The van der Waals surface area contributed by atoms with E-state index in [-0.39, 0.29) is 24.4 Å². The Labute approximate surface area is 177 Å². The van der Waals surface area contributed by atoms with Crippen molar-refractivity contribution in [2.24, 2.45) is 5.92 Å². The van der Waals surface area contributed by atoms with Crippen LogP contribution in [-0.2, 0) is 11.0 Å². The number of anilines is 3. The van der Waals surface area contributed by atoms with Crippen LogP contribution in [0.15, 0.2) is 18.3 Å². The summed E-state index contributed by atoms with van der Waals surface area (Å²) in [4.78, 5) is 23.9. The number of carbonyl (C=O) groups is 1. The third-order valence-electron chi connectivity index (χ3n) is 5.40. The van der Waals surface area contributed by atoms with Crippen LogP contribution in [0.1, 0.15) is 37.1 Å². The molecule has 0 saturated heterocycles. The second-order valence-electron chi connectivity index (χ2n) is 7.82. The van der Waals surface area contributed by atoms with Gasteiger partial charge in [0, 0.05) is 6.04 Å². The van der Waals surface area contributed by atoms with Crippen molar-refractivity contribution in [3.8, 4) is 5.75 Å². The first kappa shape index (κ1) is 21.1. The molecule has 0 spiro atoms. The molecule has 1 saturated carbocycles. The molecule has 4 rings (SSSR count). The molecule has 11 heteroatoms. The van der Waals surface area contributed by atoms with Crippen LogP contribution in [0, 0.1) is 12.8 Å². The summed E-state index contributed by atoms with van der Waals surface area (Å²) in [6, 6.07) is 2.38. The summed E-state index contributed by atoms with van der Waals surface area (Å²) in [6.45, 7) is 2.39. The average Bonchev–Trinajstić information content (AvgIpc) is 2.73. The van der Waals surface area contributed by atoms with Crippen LogP contribution in [0.3, 0.4) is 0 Å². The van der Waals surface area contributed by atoms with E-state index in [1.165, 1.54) is 6.07 Å². The number of nitrogens with one attached hydrogen (secondary N) is 3. The lowest BCUT2D eigenvalue weighted by atomic mass is 9.86. The second-order valence-corrected chi connectivity index (χ2v) is 7.82. The maximum absolute atomic E-state index is 12.6. The van der Waals surface area contributed by atoms with Crippen molar-refractivity contribution < 1.29 is 22.7 Å². The number of rotatable bonds is 5. The number of pyridine rings is 1. The van der Waals surface area contributed by atoms with Gasteiger partial charge >= 0.3 is 6.18 Å². The summed E-state index contributed by atoms with van der Waals surface area (Å²) in [6.07, 6.45) is 0.411. The zero-order valence-electron chi connectivity index (χ0n) is 16.9. The van der Waals surface area contributed by atoms with E-state index in [9.17, 15) is 18.0 Å². The van der Waals surface area contributed by atoms with Crippen LogP contribution < -0.4 is 20.7 Å². The van der Waals surface area contributed by atoms with Crippen molar-refractivity contribution in [3.63, 3.8) is 0 Å². The van der Waals surface area contributed by atoms with Gasteiger partial charge in [-0.3, -0.25) is 4.79 Å². The number of aromatic nitrogens is 3. The smallest absolute Gasteiger partial charge is 0.433 e. The van der Waals surface area contributed by atoms with Gasteiger partial charge in [-0.25, -0.2) is 9.97 Å². The van der Waals surface area contributed by atoms with Gasteiger partial charge in [-0.2, -0.15) is 18.2 Å². The molecule has 2 aliphatic rings. The molecule has 2 atom stereocenters. The minimum atomic E-state index is -4.46. The van der Waals surface area contributed by atoms with Gasteiger partial charge in [0.15, 0.2) is 5.82 Å². The van der Waals surface area contributed by atoms with Crippen molar-refractivity contribution >= 4 is 23.4 Å². The number of hydrogen-bond donors (Lipinski definition) is 3. The Bertz CT molecular complexity index is 951. The number of halogens is 3. The van der Waals surface area contributed by atoms with Crippen LogP contribution in [0.4, 0.5) is 30.6 Å². The fourth-order valence-corrected chi connectivity index (χ4v) is 3.87. The monoisotopic (exact) mass is 436 g/mol. The molecule has 3 heterocycles. The summed E-state index contributed by atoms with van der Waals surface area (Å²) < 4.78 is 43.5. The highest BCUT2D eigenvalue weighted by atomic mass is 19.4. The third-order valence-corrected chi connectivity index (χ3v) is 5.40.